The second kappa shape index (κ2) is 6.84. The molecule has 1 aromatic carbocycles. The van der Waals surface area contributed by atoms with Gasteiger partial charge >= 0.3 is 0 Å². The van der Waals surface area contributed by atoms with Crippen molar-refractivity contribution in [2.24, 2.45) is 5.92 Å². The van der Waals surface area contributed by atoms with E-state index in [2.05, 4.69) is 17.6 Å². The van der Waals surface area contributed by atoms with E-state index in [4.69, 9.17) is 0 Å². The number of carbonyl (C=O) groups excluding carboxylic acids is 1. The molecular formula is C16H23FN2O. The van der Waals surface area contributed by atoms with E-state index >= 15 is 0 Å². The maximum Gasteiger partial charge on any atom is 0.223 e. The summed E-state index contributed by atoms with van der Waals surface area (Å²) >= 11 is 0. The minimum absolute atomic E-state index is 0.0677. The number of rotatable bonds is 4. The van der Waals surface area contributed by atoms with Crippen molar-refractivity contribution < 1.29 is 9.18 Å². The van der Waals surface area contributed by atoms with E-state index in [9.17, 15) is 9.18 Å². The predicted molar refractivity (Wildman–Crippen MR) is 77.9 cm³/mol. The van der Waals surface area contributed by atoms with E-state index in [1.54, 1.807) is 12.1 Å². The van der Waals surface area contributed by atoms with Crippen LogP contribution in [-0.4, -0.2) is 24.5 Å². The standard InChI is InChI=1S/C16H23FN2O/c1-11-10-14(7-8-18-11)16(20)19-12(2)9-13-3-5-15(17)6-4-13/h3-6,11-12,14,18H,7-10H2,1-2H3,(H,19,20). The van der Waals surface area contributed by atoms with Crippen LogP contribution < -0.4 is 10.6 Å². The largest absolute Gasteiger partial charge is 0.353 e. The molecule has 1 aromatic rings. The van der Waals surface area contributed by atoms with Crippen molar-refractivity contribution in [2.45, 2.75) is 45.2 Å². The predicted octanol–water partition coefficient (Wildman–Crippen LogP) is 2.26. The highest BCUT2D eigenvalue weighted by atomic mass is 19.1. The van der Waals surface area contributed by atoms with Crippen LogP contribution >= 0.6 is 0 Å². The molecule has 3 unspecified atom stereocenters. The van der Waals surface area contributed by atoms with Gasteiger partial charge in [0.25, 0.3) is 0 Å². The van der Waals surface area contributed by atoms with E-state index in [1.165, 1.54) is 12.1 Å². The lowest BCUT2D eigenvalue weighted by Crippen LogP contribution is -2.45. The summed E-state index contributed by atoms with van der Waals surface area (Å²) in [6.45, 7) is 5.01. The summed E-state index contributed by atoms with van der Waals surface area (Å²) in [6, 6.07) is 6.93. The Kier molecular flexibility index (Phi) is 5.12. The van der Waals surface area contributed by atoms with Crippen molar-refractivity contribution in [2.75, 3.05) is 6.54 Å². The normalized spacial score (nSPS) is 24.1. The van der Waals surface area contributed by atoms with Crippen LogP contribution in [-0.2, 0) is 11.2 Å². The van der Waals surface area contributed by atoms with Crippen molar-refractivity contribution in [3.8, 4) is 0 Å². The first-order valence-electron chi connectivity index (χ1n) is 7.33. The van der Waals surface area contributed by atoms with Gasteiger partial charge < -0.3 is 10.6 Å². The molecule has 1 saturated heterocycles. The number of halogens is 1. The number of piperidine rings is 1. The van der Waals surface area contributed by atoms with Crippen LogP contribution in [0.25, 0.3) is 0 Å². The molecule has 1 amide bonds. The van der Waals surface area contributed by atoms with E-state index in [1.807, 2.05) is 6.92 Å². The Morgan fingerprint density at radius 3 is 2.80 bits per heavy atom. The summed E-state index contributed by atoms with van der Waals surface area (Å²) in [4.78, 5) is 12.2. The zero-order valence-corrected chi connectivity index (χ0v) is 12.2. The van der Waals surface area contributed by atoms with Gasteiger partial charge in [0.1, 0.15) is 5.82 Å². The second-order valence-corrected chi connectivity index (χ2v) is 5.82. The van der Waals surface area contributed by atoms with Gasteiger partial charge in [0, 0.05) is 18.0 Å². The van der Waals surface area contributed by atoms with Crippen LogP contribution in [0.15, 0.2) is 24.3 Å². The van der Waals surface area contributed by atoms with Crippen LogP contribution in [0.5, 0.6) is 0 Å². The molecular weight excluding hydrogens is 255 g/mol. The number of carbonyl (C=O) groups is 1. The highest BCUT2D eigenvalue weighted by Crippen LogP contribution is 2.16. The van der Waals surface area contributed by atoms with Crippen molar-refractivity contribution >= 4 is 5.91 Å². The summed E-state index contributed by atoms with van der Waals surface area (Å²) in [5, 5.41) is 6.42. The highest BCUT2D eigenvalue weighted by molar-refractivity contribution is 5.79. The van der Waals surface area contributed by atoms with Gasteiger partial charge in [-0.3, -0.25) is 4.79 Å². The molecule has 110 valence electrons. The third kappa shape index (κ3) is 4.30. The van der Waals surface area contributed by atoms with E-state index < -0.39 is 0 Å². The summed E-state index contributed by atoms with van der Waals surface area (Å²) in [6.07, 6.45) is 2.53. The minimum atomic E-state index is -0.228. The Morgan fingerprint density at radius 1 is 1.45 bits per heavy atom. The summed E-state index contributed by atoms with van der Waals surface area (Å²) in [7, 11) is 0. The van der Waals surface area contributed by atoms with Crippen molar-refractivity contribution in [3.63, 3.8) is 0 Å². The highest BCUT2D eigenvalue weighted by Gasteiger charge is 2.25. The third-order valence-corrected chi connectivity index (χ3v) is 3.84. The minimum Gasteiger partial charge on any atom is -0.353 e. The lowest BCUT2D eigenvalue weighted by Gasteiger charge is -2.28. The van der Waals surface area contributed by atoms with Gasteiger partial charge in [-0.15, -0.1) is 0 Å². The Bertz CT molecular complexity index is 446. The molecule has 0 bridgehead atoms. The molecule has 20 heavy (non-hydrogen) atoms. The molecule has 1 aliphatic heterocycles. The Hall–Kier alpha value is -1.42. The number of hydrogen-bond acceptors (Lipinski definition) is 2. The van der Waals surface area contributed by atoms with Gasteiger partial charge in [-0.05, 0) is 57.4 Å². The fourth-order valence-corrected chi connectivity index (χ4v) is 2.76. The number of benzene rings is 1. The molecule has 1 fully saturated rings. The van der Waals surface area contributed by atoms with Gasteiger partial charge in [-0.2, -0.15) is 0 Å². The second-order valence-electron chi connectivity index (χ2n) is 5.82. The van der Waals surface area contributed by atoms with Crippen molar-refractivity contribution in [1.29, 1.82) is 0 Å². The SMILES string of the molecule is CC1CC(C(=O)NC(C)Cc2ccc(F)cc2)CCN1. The molecule has 0 aliphatic carbocycles. The lowest BCUT2D eigenvalue weighted by atomic mass is 9.92. The quantitative estimate of drug-likeness (QED) is 0.887. The molecule has 3 atom stereocenters. The average molecular weight is 278 g/mol. The molecule has 0 radical (unpaired) electrons. The molecule has 2 N–H and O–H groups in total. The lowest BCUT2D eigenvalue weighted by molar-refractivity contribution is -0.126. The third-order valence-electron chi connectivity index (χ3n) is 3.84. The zero-order chi connectivity index (χ0) is 14.5. The van der Waals surface area contributed by atoms with Crippen LogP contribution in [0.4, 0.5) is 4.39 Å². The zero-order valence-electron chi connectivity index (χ0n) is 12.2. The van der Waals surface area contributed by atoms with Crippen molar-refractivity contribution in [1.82, 2.24) is 10.6 Å². The molecule has 2 rings (SSSR count). The van der Waals surface area contributed by atoms with Crippen LogP contribution in [0, 0.1) is 11.7 Å². The first-order valence-corrected chi connectivity index (χ1v) is 7.33. The van der Waals surface area contributed by atoms with Gasteiger partial charge in [0.05, 0.1) is 0 Å². The molecule has 4 heteroatoms. The Balaban J connectivity index is 1.82. The summed E-state index contributed by atoms with van der Waals surface area (Å²) in [5.41, 5.74) is 1.04. The molecule has 1 aliphatic rings. The monoisotopic (exact) mass is 278 g/mol. The van der Waals surface area contributed by atoms with Gasteiger partial charge in [-0.1, -0.05) is 12.1 Å². The van der Waals surface area contributed by atoms with Crippen LogP contribution in [0.1, 0.15) is 32.3 Å². The van der Waals surface area contributed by atoms with Crippen LogP contribution in [0.3, 0.4) is 0 Å². The van der Waals surface area contributed by atoms with Gasteiger partial charge in [-0.25, -0.2) is 4.39 Å². The average Bonchev–Trinajstić information content (AvgIpc) is 2.41. The summed E-state index contributed by atoms with van der Waals surface area (Å²) in [5.74, 6) is 0.0315. The van der Waals surface area contributed by atoms with E-state index in [0.717, 1.165) is 31.4 Å². The molecule has 3 nitrogen and oxygen atoms in total. The molecule has 0 spiro atoms. The first kappa shape index (κ1) is 15.0. The fourth-order valence-electron chi connectivity index (χ4n) is 2.76. The topological polar surface area (TPSA) is 41.1 Å². The number of nitrogens with one attached hydrogen (secondary N) is 2. The molecule has 0 saturated carbocycles. The van der Waals surface area contributed by atoms with Crippen molar-refractivity contribution in [3.05, 3.63) is 35.6 Å². The first-order chi connectivity index (χ1) is 9.54. The number of hydrogen-bond donors (Lipinski definition) is 2. The number of amides is 1. The van der Waals surface area contributed by atoms with Gasteiger partial charge in [0.2, 0.25) is 5.91 Å². The summed E-state index contributed by atoms with van der Waals surface area (Å²) < 4.78 is 12.8. The molecule has 0 aromatic heterocycles. The Morgan fingerprint density at radius 2 is 2.15 bits per heavy atom. The maximum absolute atomic E-state index is 12.8. The smallest absolute Gasteiger partial charge is 0.223 e. The van der Waals surface area contributed by atoms with E-state index in [-0.39, 0.29) is 23.7 Å². The fraction of sp³-hybridized carbons (Fsp3) is 0.562. The maximum atomic E-state index is 12.8. The van der Waals surface area contributed by atoms with Gasteiger partial charge in [0.15, 0.2) is 0 Å². The van der Waals surface area contributed by atoms with Crippen LogP contribution in [0.2, 0.25) is 0 Å². The molecule has 1 heterocycles. The van der Waals surface area contributed by atoms with E-state index in [0.29, 0.717) is 6.04 Å². The Labute approximate surface area is 120 Å².